The minimum atomic E-state index is -4.94. The molecular weight excluding hydrogens is 604 g/mol. The third kappa shape index (κ3) is 4.98. The summed E-state index contributed by atoms with van der Waals surface area (Å²) in [4.78, 5) is 2.27. The fourth-order valence-electron chi connectivity index (χ4n) is 7.13. The summed E-state index contributed by atoms with van der Waals surface area (Å²) in [5.74, 6) is 1.24. The largest absolute Gasteiger partial charge is 0.416 e. The molecule has 232 valence electrons. The van der Waals surface area contributed by atoms with Crippen molar-refractivity contribution in [2.75, 3.05) is 6.26 Å². The quantitative estimate of drug-likeness (QED) is 0.178. The second-order valence-electron chi connectivity index (χ2n) is 11.4. The monoisotopic (exact) mass is 633 g/mol. The minimum Gasteiger partial charge on any atom is -0.371 e. The van der Waals surface area contributed by atoms with Crippen LogP contribution in [0.1, 0.15) is 53.0 Å². The number of ether oxygens (including phenoxy) is 1. The lowest BCUT2D eigenvalue weighted by Gasteiger charge is -2.79. The molecule has 6 nitrogen and oxygen atoms in total. The normalized spacial score (nSPS) is 25.3. The number of aromatic nitrogens is 4. The Bertz CT molecular complexity index is 1580. The summed E-state index contributed by atoms with van der Waals surface area (Å²) in [5, 5.41) is 12.6. The van der Waals surface area contributed by atoms with Crippen LogP contribution in [0.3, 0.4) is 0 Å². The van der Waals surface area contributed by atoms with E-state index in [1.54, 1.807) is 16.4 Å². The van der Waals surface area contributed by atoms with Crippen molar-refractivity contribution in [3.8, 4) is 0 Å². The first-order chi connectivity index (χ1) is 20.9. The molecule has 4 unspecified atom stereocenters. The molecule has 0 spiro atoms. The van der Waals surface area contributed by atoms with Crippen LogP contribution < -0.4 is 0 Å². The van der Waals surface area contributed by atoms with Crippen molar-refractivity contribution in [2.24, 2.45) is 5.41 Å². The Morgan fingerprint density at radius 3 is 2.09 bits per heavy atom. The molecule has 13 heteroatoms. The minimum absolute atomic E-state index is 0.131. The third-order valence-electron chi connectivity index (χ3n) is 8.88. The van der Waals surface area contributed by atoms with Crippen LogP contribution in [0.15, 0.2) is 78.9 Å². The number of hydrogen-bond donors (Lipinski definition) is 0. The van der Waals surface area contributed by atoms with Crippen LogP contribution >= 0.6 is 11.8 Å². The maximum atomic E-state index is 13.6. The van der Waals surface area contributed by atoms with Gasteiger partial charge in [0.2, 0.25) is 0 Å². The molecule has 1 saturated carbocycles. The molecular formula is C31H29F6N5OS. The molecule has 0 amide bonds. The van der Waals surface area contributed by atoms with Crippen molar-refractivity contribution in [3.05, 3.63) is 113 Å². The number of likely N-dealkylation sites (tertiary alicyclic amines) is 1. The molecule has 6 rings (SSSR count). The van der Waals surface area contributed by atoms with E-state index >= 15 is 0 Å². The maximum Gasteiger partial charge on any atom is 0.416 e. The van der Waals surface area contributed by atoms with Gasteiger partial charge in [-0.1, -0.05) is 67.6 Å². The zero-order valence-corrected chi connectivity index (χ0v) is 24.6. The molecule has 1 saturated heterocycles. The van der Waals surface area contributed by atoms with Gasteiger partial charge in [0, 0.05) is 12.0 Å². The summed E-state index contributed by atoms with van der Waals surface area (Å²) in [6.45, 7) is 2.19. The van der Waals surface area contributed by atoms with E-state index < -0.39 is 47.1 Å². The van der Waals surface area contributed by atoms with Crippen molar-refractivity contribution < 1.29 is 31.1 Å². The number of rotatable bonds is 9. The van der Waals surface area contributed by atoms with Crippen molar-refractivity contribution in [1.82, 2.24) is 25.1 Å². The lowest BCUT2D eigenvalue weighted by Crippen LogP contribution is -2.84. The highest BCUT2D eigenvalue weighted by molar-refractivity contribution is 7.97. The van der Waals surface area contributed by atoms with Crippen molar-refractivity contribution >= 4 is 11.8 Å². The van der Waals surface area contributed by atoms with Gasteiger partial charge in [-0.15, -0.1) is 16.9 Å². The van der Waals surface area contributed by atoms with E-state index in [2.05, 4.69) is 27.3 Å². The van der Waals surface area contributed by atoms with Crippen LogP contribution in [0.4, 0.5) is 26.3 Å². The summed E-state index contributed by atoms with van der Waals surface area (Å²) >= 11 is 1.57. The van der Waals surface area contributed by atoms with Crippen molar-refractivity contribution in [2.45, 2.75) is 62.4 Å². The van der Waals surface area contributed by atoms with E-state index in [1.165, 1.54) is 0 Å². The average molecular weight is 634 g/mol. The highest BCUT2D eigenvalue weighted by Crippen LogP contribution is 2.76. The number of thioether (sulfide) groups is 1. The Labute approximate surface area is 254 Å². The highest BCUT2D eigenvalue weighted by atomic mass is 32.2. The van der Waals surface area contributed by atoms with Crippen LogP contribution in [0.2, 0.25) is 0 Å². The SMILES string of the molecule is CSCn1nnnc1C1N(Cc2ccccc2)C2(c3ccccc3)C(OCc3cc(C(F)(F)F)cc(C(F)(F)F)c3)CC12C. The molecule has 4 aromatic rings. The van der Waals surface area contributed by atoms with E-state index in [0.717, 1.165) is 23.3 Å². The first-order valence-electron chi connectivity index (χ1n) is 13.9. The number of fused-ring (bicyclic) bond motifs is 1. The maximum absolute atomic E-state index is 13.6. The summed E-state index contributed by atoms with van der Waals surface area (Å²) in [6.07, 6.45) is -7.97. The zero-order chi connectivity index (χ0) is 31.3. The predicted octanol–water partition coefficient (Wildman–Crippen LogP) is 7.48. The Morgan fingerprint density at radius 2 is 1.50 bits per heavy atom. The summed E-state index contributed by atoms with van der Waals surface area (Å²) in [5.41, 5.74) is -2.16. The standard InChI is InChI=1S/C31H29F6N5OS/c1-28-16-25(43-18-21-13-23(30(32,33)34)15-24(14-21)31(35,36)37)29(28,22-11-7-4-8-12-22)41(17-20-9-5-3-6-10-20)26(28)27-38-39-40-42(27)19-44-2/h3-15,25-26H,16-19H2,1-2H3. The van der Waals surface area contributed by atoms with Crippen LogP contribution in [0.5, 0.6) is 0 Å². The molecule has 0 N–H and O–H groups in total. The highest BCUT2D eigenvalue weighted by Gasteiger charge is 2.80. The predicted molar refractivity (Wildman–Crippen MR) is 152 cm³/mol. The van der Waals surface area contributed by atoms with Gasteiger partial charge in [0.25, 0.3) is 0 Å². The van der Waals surface area contributed by atoms with Gasteiger partial charge in [-0.05, 0) is 58.0 Å². The van der Waals surface area contributed by atoms with E-state index in [-0.39, 0.29) is 17.7 Å². The number of benzene rings is 3. The van der Waals surface area contributed by atoms with Crippen LogP contribution in [0.25, 0.3) is 0 Å². The van der Waals surface area contributed by atoms with Gasteiger partial charge in [-0.2, -0.15) is 26.3 Å². The lowest BCUT2D eigenvalue weighted by atomic mass is 9.40. The topological polar surface area (TPSA) is 56.1 Å². The number of piperidine rings is 1. The number of hydrogen-bond acceptors (Lipinski definition) is 6. The van der Waals surface area contributed by atoms with Gasteiger partial charge >= 0.3 is 12.4 Å². The second-order valence-corrected chi connectivity index (χ2v) is 12.3. The number of alkyl halides is 6. The second kappa shape index (κ2) is 11.2. The van der Waals surface area contributed by atoms with Gasteiger partial charge in [0.15, 0.2) is 5.82 Å². The fraction of sp³-hybridized carbons (Fsp3) is 0.387. The Morgan fingerprint density at radius 1 is 0.886 bits per heavy atom. The molecule has 1 aliphatic carbocycles. The fourth-order valence-corrected chi connectivity index (χ4v) is 7.56. The smallest absolute Gasteiger partial charge is 0.371 e. The molecule has 1 aromatic heterocycles. The first kappa shape index (κ1) is 30.6. The first-order valence-corrected chi connectivity index (χ1v) is 15.3. The van der Waals surface area contributed by atoms with Crippen LogP contribution in [-0.4, -0.2) is 37.5 Å². The Kier molecular flexibility index (Phi) is 7.78. The van der Waals surface area contributed by atoms with Gasteiger partial charge in [-0.3, -0.25) is 4.90 Å². The molecule has 2 aliphatic rings. The van der Waals surface area contributed by atoms with Crippen molar-refractivity contribution in [1.29, 1.82) is 0 Å². The molecule has 44 heavy (non-hydrogen) atoms. The Balaban J connectivity index is 1.40. The lowest BCUT2D eigenvalue weighted by molar-refractivity contribution is -0.356. The average Bonchev–Trinajstić information content (AvgIpc) is 3.43. The summed E-state index contributed by atoms with van der Waals surface area (Å²) in [7, 11) is 0. The Hall–Kier alpha value is -3.42. The molecule has 1 aliphatic heterocycles. The molecule has 2 heterocycles. The molecule has 4 atom stereocenters. The number of nitrogens with zero attached hydrogens (tertiary/aromatic N) is 5. The number of tetrazole rings is 1. The molecule has 0 bridgehead atoms. The number of halogens is 6. The van der Waals surface area contributed by atoms with Crippen LogP contribution in [0, 0.1) is 5.41 Å². The van der Waals surface area contributed by atoms with Crippen molar-refractivity contribution in [3.63, 3.8) is 0 Å². The van der Waals surface area contributed by atoms with Gasteiger partial charge in [0.1, 0.15) is 0 Å². The summed E-state index contributed by atoms with van der Waals surface area (Å²) < 4.78 is 89.4. The van der Waals surface area contributed by atoms with E-state index in [0.29, 0.717) is 24.7 Å². The van der Waals surface area contributed by atoms with Gasteiger partial charge in [0.05, 0.1) is 41.3 Å². The molecule has 0 radical (unpaired) electrons. The van der Waals surface area contributed by atoms with E-state index in [9.17, 15) is 26.3 Å². The van der Waals surface area contributed by atoms with E-state index in [4.69, 9.17) is 4.74 Å². The summed E-state index contributed by atoms with van der Waals surface area (Å²) in [6, 6.07) is 20.9. The van der Waals surface area contributed by atoms with E-state index in [1.807, 2.05) is 66.9 Å². The third-order valence-corrected chi connectivity index (χ3v) is 9.38. The molecule has 2 fully saturated rings. The zero-order valence-electron chi connectivity index (χ0n) is 23.8. The van der Waals surface area contributed by atoms with Crippen LogP contribution in [-0.2, 0) is 41.7 Å². The van der Waals surface area contributed by atoms with Gasteiger partial charge < -0.3 is 4.74 Å². The molecule has 3 aromatic carbocycles. The van der Waals surface area contributed by atoms with Gasteiger partial charge in [-0.25, -0.2) is 4.68 Å².